The maximum Gasteiger partial charge on any atom is 0.229 e. The fourth-order valence-electron chi connectivity index (χ4n) is 0. The van der Waals surface area contributed by atoms with Crippen molar-refractivity contribution in [3.63, 3.8) is 0 Å². The van der Waals surface area contributed by atoms with Crippen LogP contribution in [0, 0.1) is 0 Å². The molecule has 0 bridgehead atoms. The van der Waals surface area contributed by atoms with Crippen LogP contribution in [0.15, 0.2) is 0 Å². The monoisotopic (exact) mass is 106 g/mol. The lowest BCUT2D eigenvalue weighted by Gasteiger charge is -1.57. The summed E-state index contributed by atoms with van der Waals surface area (Å²) in [6.45, 7) is 0. The fraction of sp³-hybridized carbons (Fsp3) is 0. The Morgan fingerprint density at radius 1 is 1.00 bits per heavy atom. The van der Waals surface area contributed by atoms with Gasteiger partial charge in [-0.05, 0) is 0 Å². The summed E-state index contributed by atoms with van der Waals surface area (Å²) in [5.41, 5.74) is 0. The van der Waals surface area contributed by atoms with Crippen molar-refractivity contribution in [2.24, 2.45) is 0 Å². The van der Waals surface area contributed by atoms with Gasteiger partial charge in [0.2, 0.25) is 21.0 Å². The van der Waals surface area contributed by atoms with Gasteiger partial charge < -0.3 is 16.4 Å². The molecule has 0 rings (SSSR count). The largest absolute Gasteiger partial charge is 0.458 e. The van der Waals surface area contributed by atoms with Gasteiger partial charge in [-0.15, -0.1) is 0 Å². The first kappa shape index (κ1) is 18.5. The predicted molar refractivity (Wildman–Crippen MR) is 22.6 cm³/mol. The van der Waals surface area contributed by atoms with E-state index in [1.54, 1.807) is 0 Å². The van der Waals surface area contributed by atoms with Crippen molar-refractivity contribution in [1.29, 1.82) is 0 Å². The highest BCUT2D eigenvalue weighted by Gasteiger charge is 1.34. The molecule has 5 heteroatoms. The van der Waals surface area contributed by atoms with Crippen molar-refractivity contribution in [2.75, 3.05) is 0 Å². The van der Waals surface area contributed by atoms with Gasteiger partial charge in [0.05, 0.1) is 0 Å². The summed E-state index contributed by atoms with van der Waals surface area (Å²) in [6.07, 6.45) is 0. The van der Waals surface area contributed by atoms with Crippen LogP contribution in [0.25, 0.3) is 0 Å². The molecule has 6 radical (unpaired) electrons. The van der Waals surface area contributed by atoms with E-state index in [1.807, 2.05) is 0 Å². The average molecular weight is 106 g/mol. The van der Waals surface area contributed by atoms with Gasteiger partial charge in [-0.3, -0.25) is 0 Å². The van der Waals surface area contributed by atoms with Gasteiger partial charge in [0.15, 0.2) is 0 Å². The zero-order chi connectivity index (χ0) is 2.71. The van der Waals surface area contributed by atoms with E-state index in [4.69, 9.17) is 0 Å². The van der Waals surface area contributed by atoms with Crippen LogP contribution in [0.5, 0.6) is 0 Å². The summed E-state index contributed by atoms with van der Waals surface area (Å²) in [4.78, 5) is 0. The van der Waals surface area contributed by atoms with Gasteiger partial charge >= 0.3 is 0 Å². The predicted octanol–water partition coefficient (Wildman–Crippen LogP) is -0.506. The van der Waals surface area contributed by atoms with Crippen molar-refractivity contribution >= 4 is 21.0 Å². The first-order chi connectivity index (χ1) is 1.41. The van der Waals surface area contributed by atoms with E-state index in [2.05, 4.69) is 25.1 Å². The van der Waals surface area contributed by atoms with E-state index < -0.39 is 0 Å². The van der Waals surface area contributed by atoms with Gasteiger partial charge in [0.25, 0.3) is 0 Å². The Morgan fingerprint density at radius 2 is 1.00 bits per heavy atom. The first-order valence-corrected chi connectivity index (χ1v) is 1.22. The van der Waals surface area contributed by atoms with Gasteiger partial charge in [0, 0.05) is 0 Å². The molecule has 0 heterocycles. The van der Waals surface area contributed by atoms with Crippen molar-refractivity contribution < 1.29 is 4.12 Å². The van der Waals surface area contributed by atoms with E-state index in [-0.39, 0.29) is 12.3 Å². The maximum atomic E-state index is 3.86. The Kier molecular flexibility index (Phi) is 101. The number of rotatable bonds is 0. The minimum Gasteiger partial charge on any atom is -0.458 e. The second kappa shape index (κ2) is 27.4. The minimum absolute atomic E-state index is 0. The van der Waals surface area contributed by atoms with Crippen LogP contribution in [0.4, 0.5) is 0 Å². The average Bonchev–Trinajstić information content (AvgIpc) is 0.918. The highest BCUT2D eigenvalue weighted by molar-refractivity contribution is 6.15. The highest BCUT2D eigenvalue weighted by atomic mass is 28.3. The van der Waals surface area contributed by atoms with Crippen molar-refractivity contribution in [2.45, 2.75) is 0 Å². The SMILES string of the molecule is N.N.[Si]O[Si]. The van der Waals surface area contributed by atoms with Gasteiger partial charge in [0.1, 0.15) is 0 Å². The summed E-state index contributed by atoms with van der Waals surface area (Å²) in [6, 6.07) is 0. The second-order valence-corrected chi connectivity index (χ2v) is 0.919. The summed E-state index contributed by atoms with van der Waals surface area (Å²) in [5.74, 6) is 0. The quantitative estimate of drug-likeness (QED) is 0.408. The highest BCUT2D eigenvalue weighted by Crippen LogP contribution is 1.20. The standard InChI is InChI=1S/2H3N.OSi2/c;;2-1-3/h2*1H3;. The molecule has 0 spiro atoms. The second-order valence-electron chi connectivity index (χ2n) is 0.102. The fourth-order valence-corrected chi connectivity index (χ4v) is 0. The molecular weight excluding hydrogens is 100 g/mol. The maximum absolute atomic E-state index is 3.86. The summed E-state index contributed by atoms with van der Waals surface area (Å²) in [5, 5.41) is 0. The molecule has 0 unspecified atom stereocenters. The molecule has 0 aromatic heterocycles. The molecule has 0 atom stereocenters. The Bertz CT molecular complexity index is 7.61. The molecule has 0 aromatic rings. The molecule has 5 heavy (non-hydrogen) atoms. The molecule has 0 aliphatic heterocycles. The van der Waals surface area contributed by atoms with Crippen LogP contribution in [0.1, 0.15) is 0 Å². The van der Waals surface area contributed by atoms with Crippen molar-refractivity contribution in [3.8, 4) is 0 Å². The van der Waals surface area contributed by atoms with Crippen LogP contribution >= 0.6 is 0 Å². The smallest absolute Gasteiger partial charge is 0.229 e. The lowest BCUT2D eigenvalue weighted by atomic mass is 14.0. The molecule has 0 amide bonds. The van der Waals surface area contributed by atoms with Crippen LogP contribution in [0.3, 0.4) is 0 Å². The number of hydrogen-bond acceptors (Lipinski definition) is 3. The normalized spacial score (nSPS) is 3.60. The molecule has 0 aliphatic rings. The van der Waals surface area contributed by atoms with Crippen molar-refractivity contribution in [3.05, 3.63) is 0 Å². The third-order valence-electron chi connectivity index (χ3n) is 0. The molecule has 0 aliphatic carbocycles. The van der Waals surface area contributed by atoms with Crippen LogP contribution in [0.2, 0.25) is 0 Å². The summed E-state index contributed by atoms with van der Waals surface area (Å²) < 4.78 is 3.86. The van der Waals surface area contributed by atoms with E-state index in [9.17, 15) is 0 Å². The molecule has 3 nitrogen and oxygen atoms in total. The topological polar surface area (TPSA) is 79.2 Å². The van der Waals surface area contributed by atoms with Crippen molar-refractivity contribution in [1.82, 2.24) is 12.3 Å². The molecule has 0 fully saturated rings. The molecule has 0 aromatic carbocycles. The third-order valence-corrected chi connectivity index (χ3v) is 0. The summed E-state index contributed by atoms with van der Waals surface area (Å²) in [7, 11) is 5.19. The molecule has 30 valence electrons. The van der Waals surface area contributed by atoms with Gasteiger partial charge in [-0.2, -0.15) is 0 Å². The molecule has 0 saturated carbocycles. The zero-order valence-corrected chi connectivity index (χ0v) is 4.82. The number of hydrogen-bond donors (Lipinski definition) is 2. The Labute approximate surface area is 38.3 Å². The van der Waals surface area contributed by atoms with Gasteiger partial charge in [-0.1, -0.05) is 0 Å². The van der Waals surface area contributed by atoms with Crippen LogP contribution < -0.4 is 12.3 Å². The van der Waals surface area contributed by atoms with Crippen LogP contribution in [-0.2, 0) is 4.12 Å². The third kappa shape index (κ3) is 235. The zero-order valence-electron chi connectivity index (χ0n) is 2.82. The van der Waals surface area contributed by atoms with E-state index in [1.165, 1.54) is 0 Å². The summed E-state index contributed by atoms with van der Waals surface area (Å²) >= 11 is 0. The van der Waals surface area contributed by atoms with E-state index >= 15 is 0 Å². The minimum atomic E-state index is 0. The molecular formula is H6N2OSi2. The first-order valence-electron chi connectivity index (χ1n) is 0.408. The van der Waals surface area contributed by atoms with E-state index in [0.717, 1.165) is 0 Å². The Morgan fingerprint density at radius 3 is 1.00 bits per heavy atom. The van der Waals surface area contributed by atoms with Gasteiger partial charge in [-0.25, -0.2) is 0 Å². The lowest BCUT2D eigenvalue weighted by molar-refractivity contribution is 0.690. The van der Waals surface area contributed by atoms with Crippen LogP contribution in [-0.4, -0.2) is 21.0 Å². The molecule has 0 saturated heterocycles. The lowest BCUT2D eigenvalue weighted by Crippen LogP contribution is -1.65. The Balaban J connectivity index is -0.0000000200. The molecule has 6 N–H and O–H groups in total. The Hall–Kier alpha value is 0.314. The van der Waals surface area contributed by atoms with E-state index in [0.29, 0.717) is 0 Å².